The predicted octanol–water partition coefficient (Wildman–Crippen LogP) is 9.52. The van der Waals surface area contributed by atoms with Crippen molar-refractivity contribution in [2.24, 2.45) is 0 Å². The van der Waals surface area contributed by atoms with Gasteiger partial charge in [-0.25, -0.2) is 0 Å². The Morgan fingerprint density at radius 3 is 1.39 bits per heavy atom. The molecule has 172 valence electrons. The second kappa shape index (κ2) is 7.78. The van der Waals surface area contributed by atoms with Gasteiger partial charge in [0.05, 0.1) is 8.07 Å². The quantitative estimate of drug-likeness (QED) is 0.223. The number of benzene rings is 6. The van der Waals surface area contributed by atoms with Crippen molar-refractivity contribution in [3.8, 4) is 44.5 Å². The summed E-state index contributed by atoms with van der Waals surface area (Å²) in [5, 5.41) is 7.04. The molecule has 0 saturated heterocycles. The zero-order valence-electron chi connectivity index (χ0n) is 21.0. The molecule has 6 aromatic rings. The first-order valence-electron chi connectivity index (χ1n) is 12.8. The number of hydrogen-bond donors (Lipinski definition) is 0. The highest BCUT2D eigenvalue weighted by Gasteiger charge is 2.32. The van der Waals surface area contributed by atoms with Crippen LogP contribution in [0.15, 0.2) is 115 Å². The molecule has 1 heteroatoms. The first-order valence-corrected chi connectivity index (χ1v) is 16.3. The molecule has 0 fully saturated rings. The molecule has 0 unspecified atom stereocenters. The molecule has 36 heavy (non-hydrogen) atoms. The van der Waals surface area contributed by atoms with E-state index in [0.29, 0.717) is 0 Å². The Morgan fingerprint density at radius 1 is 0.389 bits per heavy atom. The molecule has 0 amide bonds. The molecule has 6 aromatic carbocycles. The second-order valence-electron chi connectivity index (χ2n) is 10.9. The third-order valence-electron chi connectivity index (χ3n) is 7.73. The summed E-state index contributed by atoms with van der Waals surface area (Å²) in [6.07, 6.45) is 0. The fraction of sp³-hybridized carbons (Fsp3) is 0.0857. The first kappa shape index (κ1) is 21.3. The molecule has 1 aliphatic rings. The average molecular weight is 477 g/mol. The summed E-state index contributed by atoms with van der Waals surface area (Å²) in [4.78, 5) is 0. The van der Waals surface area contributed by atoms with Gasteiger partial charge >= 0.3 is 0 Å². The zero-order valence-corrected chi connectivity index (χ0v) is 22.0. The maximum Gasteiger partial charge on any atom is 0.0784 e. The Balaban J connectivity index is 1.74. The van der Waals surface area contributed by atoms with E-state index in [9.17, 15) is 0 Å². The minimum Gasteiger partial charge on any atom is -0.0656 e. The van der Waals surface area contributed by atoms with E-state index >= 15 is 0 Å². The SMILES string of the molecule is C[Si](C)(C)c1ccc2c3c(cccc13)-c1c-2c(-c2ccccc2)c2ccccc2c1-c1ccccc1. The maximum atomic E-state index is 2.46. The fourth-order valence-electron chi connectivity index (χ4n) is 6.26. The summed E-state index contributed by atoms with van der Waals surface area (Å²) in [5.74, 6) is 0. The Labute approximate surface area is 213 Å². The van der Waals surface area contributed by atoms with Crippen molar-refractivity contribution in [2.45, 2.75) is 19.6 Å². The molecule has 0 aliphatic heterocycles. The maximum absolute atomic E-state index is 2.46. The van der Waals surface area contributed by atoms with Crippen LogP contribution in [0.2, 0.25) is 19.6 Å². The highest BCUT2D eigenvalue weighted by Crippen LogP contribution is 2.57. The molecule has 7 rings (SSSR count). The van der Waals surface area contributed by atoms with Gasteiger partial charge < -0.3 is 0 Å². The normalized spacial score (nSPS) is 12.3. The molecule has 0 spiro atoms. The van der Waals surface area contributed by atoms with Crippen LogP contribution < -0.4 is 5.19 Å². The van der Waals surface area contributed by atoms with Crippen molar-refractivity contribution in [1.82, 2.24) is 0 Å². The van der Waals surface area contributed by atoms with Gasteiger partial charge in [0, 0.05) is 0 Å². The second-order valence-corrected chi connectivity index (χ2v) is 16.0. The summed E-state index contributed by atoms with van der Waals surface area (Å²) < 4.78 is 0. The molecule has 0 saturated carbocycles. The van der Waals surface area contributed by atoms with E-state index in [4.69, 9.17) is 0 Å². The van der Waals surface area contributed by atoms with Gasteiger partial charge in [-0.05, 0) is 66.1 Å². The minimum atomic E-state index is -1.52. The van der Waals surface area contributed by atoms with Crippen LogP contribution in [0.25, 0.3) is 66.1 Å². The lowest BCUT2D eigenvalue weighted by Gasteiger charge is -2.21. The fourth-order valence-corrected chi connectivity index (χ4v) is 7.86. The minimum absolute atomic E-state index is 1.28. The lowest BCUT2D eigenvalue weighted by atomic mass is 9.82. The Kier molecular flexibility index (Phi) is 4.61. The van der Waals surface area contributed by atoms with Crippen LogP contribution in [0.4, 0.5) is 0 Å². The van der Waals surface area contributed by atoms with Gasteiger partial charge in [-0.3, -0.25) is 0 Å². The molecule has 0 radical (unpaired) electrons. The smallest absolute Gasteiger partial charge is 0.0656 e. The van der Waals surface area contributed by atoms with Crippen molar-refractivity contribution in [3.63, 3.8) is 0 Å². The summed E-state index contributed by atoms with van der Waals surface area (Å²) >= 11 is 0. The van der Waals surface area contributed by atoms with Crippen molar-refractivity contribution in [3.05, 3.63) is 115 Å². The first-order chi connectivity index (χ1) is 17.5. The van der Waals surface area contributed by atoms with E-state index in [1.807, 2.05) is 0 Å². The Hall–Kier alpha value is -3.94. The van der Waals surface area contributed by atoms with E-state index in [2.05, 4.69) is 135 Å². The monoisotopic (exact) mass is 476 g/mol. The molecule has 0 N–H and O–H groups in total. The van der Waals surface area contributed by atoms with Gasteiger partial charge in [0.15, 0.2) is 0 Å². The van der Waals surface area contributed by atoms with Crippen LogP contribution in [0.1, 0.15) is 0 Å². The number of hydrogen-bond acceptors (Lipinski definition) is 0. The van der Waals surface area contributed by atoms with Gasteiger partial charge in [0.25, 0.3) is 0 Å². The van der Waals surface area contributed by atoms with E-state index < -0.39 is 8.07 Å². The Morgan fingerprint density at radius 2 is 0.861 bits per heavy atom. The van der Waals surface area contributed by atoms with Crippen LogP contribution >= 0.6 is 0 Å². The molecular formula is C35H28Si. The highest BCUT2D eigenvalue weighted by molar-refractivity contribution is 6.90. The molecule has 0 aromatic heterocycles. The van der Waals surface area contributed by atoms with Crippen LogP contribution in [0.3, 0.4) is 0 Å². The average Bonchev–Trinajstić information content (AvgIpc) is 3.23. The summed E-state index contributed by atoms with van der Waals surface area (Å²) in [5.41, 5.74) is 10.8. The standard InChI is InChI=1S/C35H28Si/c1-36(2,3)30-22-21-29-33-27(30)19-12-20-28(33)34-31(23-13-6-4-7-14-23)25-17-10-11-18-26(25)32(35(29)34)24-15-8-5-9-16-24/h4-22H,1-3H3. The van der Waals surface area contributed by atoms with Gasteiger partial charge in [-0.2, -0.15) is 0 Å². The molecule has 1 aliphatic carbocycles. The van der Waals surface area contributed by atoms with E-state index in [0.717, 1.165) is 0 Å². The summed E-state index contributed by atoms with van der Waals surface area (Å²) in [6.45, 7) is 7.37. The van der Waals surface area contributed by atoms with Crippen molar-refractivity contribution in [1.29, 1.82) is 0 Å². The van der Waals surface area contributed by atoms with E-state index in [1.165, 1.54) is 66.1 Å². The van der Waals surface area contributed by atoms with Crippen molar-refractivity contribution < 1.29 is 0 Å². The van der Waals surface area contributed by atoms with Crippen LogP contribution in [-0.4, -0.2) is 8.07 Å². The van der Waals surface area contributed by atoms with E-state index in [1.54, 1.807) is 5.19 Å². The molecule has 0 nitrogen and oxygen atoms in total. The van der Waals surface area contributed by atoms with Crippen LogP contribution in [-0.2, 0) is 0 Å². The van der Waals surface area contributed by atoms with E-state index in [-0.39, 0.29) is 0 Å². The van der Waals surface area contributed by atoms with Gasteiger partial charge in [0.1, 0.15) is 0 Å². The largest absolute Gasteiger partial charge is 0.0784 e. The van der Waals surface area contributed by atoms with Crippen molar-refractivity contribution in [2.75, 3.05) is 0 Å². The predicted molar refractivity (Wildman–Crippen MR) is 160 cm³/mol. The van der Waals surface area contributed by atoms with Crippen LogP contribution in [0, 0.1) is 0 Å². The number of rotatable bonds is 3. The molecule has 0 heterocycles. The summed E-state index contributed by atoms with van der Waals surface area (Å²) in [6, 6.07) is 42.7. The lowest BCUT2D eigenvalue weighted by molar-refractivity contribution is 1.62. The third kappa shape index (κ3) is 2.99. The summed E-state index contributed by atoms with van der Waals surface area (Å²) in [7, 11) is -1.52. The third-order valence-corrected chi connectivity index (χ3v) is 9.78. The topological polar surface area (TPSA) is 0 Å². The molecular weight excluding hydrogens is 448 g/mol. The van der Waals surface area contributed by atoms with Gasteiger partial charge in [0.2, 0.25) is 0 Å². The van der Waals surface area contributed by atoms with Crippen molar-refractivity contribution >= 4 is 34.8 Å². The van der Waals surface area contributed by atoms with Gasteiger partial charge in [-0.15, -0.1) is 0 Å². The zero-order chi connectivity index (χ0) is 24.4. The number of fused-ring (bicyclic) bond motifs is 4. The van der Waals surface area contributed by atoms with Gasteiger partial charge in [-0.1, -0.05) is 140 Å². The highest BCUT2D eigenvalue weighted by atomic mass is 28.3. The molecule has 0 bridgehead atoms. The Bertz CT molecular complexity index is 1700. The lowest BCUT2D eigenvalue weighted by Crippen LogP contribution is -2.38. The van der Waals surface area contributed by atoms with Crippen LogP contribution in [0.5, 0.6) is 0 Å². The molecule has 0 atom stereocenters.